The minimum absolute atomic E-state index is 0.0600. The highest BCUT2D eigenvalue weighted by atomic mass is 19.4. The summed E-state index contributed by atoms with van der Waals surface area (Å²) in [6.45, 7) is 3.37. The van der Waals surface area contributed by atoms with Crippen molar-refractivity contribution in [3.05, 3.63) is 46.3 Å². The highest BCUT2D eigenvalue weighted by Gasteiger charge is 2.32. The molecular formula is C17H18F3N5O2. The van der Waals surface area contributed by atoms with Gasteiger partial charge in [-0.3, -0.25) is 10.1 Å². The molecule has 3 rings (SSSR count). The quantitative estimate of drug-likeness (QED) is 0.625. The van der Waals surface area contributed by atoms with E-state index in [2.05, 4.69) is 22.2 Å². The smallest absolute Gasteiger partial charge is 0.351 e. The van der Waals surface area contributed by atoms with E-state index in [1.165, 1.54) is 18.5 Å². The summed E-state index contributed by atoms with van der Waals surface area (Å²) < 4.78 is 38.7. The van der Waals surface area contributed by atoms with Gasteiger partial charge in [-0.25, -0.2) is 9.97 Å². The van der Waals surface area contributed by atoms with Crippen molar-refractivity contribution in [2.45, 2.75) is 25.9 Å². The van der Waals surface area contributed by atoms with Crippen LogP contribution < -0.4 is 10.2 Å². The summed E-state index contributed by atoms with van der Waals surface area (Å²) in [6.07, 6.45) is -1.56. The molecule has 27 heavy (non-hydrogen) atoms. The number of alkyl halides is 3. The van der Waals surface area contributed by atoms with Gasteiger partial charge in [0.25, 0.3) is 0 Å². The molecule has 0 bridgehead atoms. The van der Waals surface area contributed by atoms with Gasteiger partial charge in [0.15, 0.2) is 0 Å². The fourth-order valence-electron chi connectivity index (χ4n) is 2.99. The number of halogens is 3. The summed E-state index contributed by atoms with van der Waals surface area (Å²) in [5.74, 6) is 0.573. The van der Waals surface area contributed by atoms with E-state index in [1.54, 1.807) is 0 Å². The minimum atomic E-state index is -4.51. The first-order valence-electron chi connectivity index (χ1n) is 8.44. The lowest BCUT2D eigenvalue weighted by Gasteiger charge is -2.30. The normalized spacial score (nSPS) is 15.6. The summed E-state index contributed by atoms with van der Waals surface area (Å²) in [7, 11) is 0. The van der Waals surface area contributed by atoms with E-state index in [4.69, 9.17) is 0 Å². The van der Waals surface area contributed by atoms with Crippen LogP contribution in [0.1, 0.15) is 25.3 Å². The van der Waals surface area contributed by atoms with Crippen molar-refractivity contribution >= 4 is 23.0 Å². The zero-order valence-corrected chi connectivity index (χ0v) is 14.5. The van der Waals surface area contributed by atoms with E-state index >= 15 is 0 Å². The molecule has 1 aromatic heterocycles. The second kappa shape index (κ2) is 7.37. The third kappa shape index (κ3) is 4.26. The Morgan fingerprint density at radius 2 is 1.96 bits per heavy atom. The van der Waals surface area contributed by atoms with Gasteiger partial charge in [-0.2, -0.15) is 13.2 Å². The van der Waals surface area contributed by atoms with Gasteiger partial charge in [0.2, 0.25) is 11.6 Å². The Hall–Kier alpha value is -2.91. The summed E-state index contributed by atoms with van der Waals surface area (Å²) in [4.78, 5) is 20.8. The number of aromatic nitrogens is 2. The molecule has 0 saturated carbocycles. The van der Waals surface area contributed by atoms with Crippen molar-refractivity contribution in [3.8, 4) is 0 Å². The van der Waals surface area contributed by atoms with E-state index in [9.17, 15) is 23.3 Å². The van der Waals surface area contributed by atoms with E-state index < -0.39 is 16.7 Å². The van der Waals surface area contributed by atoms with Crippen molar-refractivity contribution in [1.29, 1.82) is 0 Å². The average Bonchev–Trinajstić information content (AvgIpc) is 2.61. The highest BCUT2D eigenvalue weighted by molar-refractivity contribution is 5.74. The van der Waals surface area contributed by atoms with Crippen LogP contribution in [-0.2, 0) is 6.18 Å². The van der Waals surface area contributed by atoms with Gasteiger partial charge >= 0.3 is 11.9 Å². The van der Waals surface area contributed by atoms with E-state index in [0.717, 1.165) is 25.0 Å². The van der Waals surface area contributed by atoms with Gasteiger partial charge in [-0.15, -0.1) is 0 Å². The molecule has 144 valence electrons. The van der Waals surface area contributed by atoms with Gasteiger partial charge in [-0.1, -0.05) is 13.0 Å². The number of rotatable bonds is 4. The van der Waals surface area contributed by atoms with Crippen LogP contribution in [0.2, 0.25) is 0 Å². The maximum atomic E-state index is 12.9. The lowest BCUT2D eigenvalue weighted by molar-refractivity contribution is -0.383. The molecule has 1 fully saturated rings. The van der Waals surface area contributed by atoms with Crippen LogP contribution in [0.4, 0.5) is 36.2 Å². The molecule has 1 aliphatic heterocycles. The van der Waals surface area contributed by atoms with Crippen LogP contribution in [0.5, 0.6) is 0 Å². The first-order chi connectivity index (χ1) is 12.8. The zero-order valence-electron chi connectivity index (χ0n) is 14.5. The molecule has 0 amide bonds. The molecule has 1 N–H and O–H groups in total. The van der Waals surface area contributed by atoms with Gasteiger partial charge in [0, 0.05) is 18.8 Å². The van der Waals surface area contributed by atoms with Crippen molar-refractivity contribution in [2.24, 2.45) is 5.92 Å². The molecule has 0 atom stereocenters. The van der Waals surface area contributed by atoms with Crippen LogP contribution in [-0.4, -0.2) is 28.0 Å². The van der Waals surface area contributed by atoms with Crippen molar-refractivity contribution < 1.29 is 18.1 Å². The van der Waals surface area contributed by atoms with E-state index in [-0.39, 0.29) is 23.0 Å². The fraction of sp³-hybridized carbons (Fsp3) is 0.412. The summed E-state index contributed by atoms with van der Waals surface area (Å²) in [5.41, 5.74) is -1.14. The summed E-state index contributed by atoms with van der Waals surface area (Å²) in [6, 6.07) is 4.43. The Morgan fingerprint density at radius 3 is 2.59 bits per heavy atom. The lowest BCUT2D eigenvalue weighted by Crippen LogP contribution is -2.34. The van der Waals surface area contributed by atoms with Gasteiger partial charge in [0.1, 0.15) is 6.33 Å². The third-order valence-electron chi connectivity index (χ3n) is 4.52. The molecule has 0 unspecified atom stereocenters. The molecular weight excluding hydrogens is 363 g/mol. The first kappa shape index (κ1) is 18.9. The number of hydrogen-bond acceptors (Lipinski definition) is 6. The maximum absolute atomic E-state index is 12.9. The number of nitro groups is 1. The lowest BCUT2D eigenvalue weighted by atomic mass is 9.99. The molecule has 7 nitrogen and oxygen atoms in total. The first-order valence-corrected chi connectivity index (χ1v) is 8.44. The third-order valence-corrected chi connectivity index (χ3v) is 4.52. The molecule has 0 radical (unpaired) electrons. The van der Waals surface area contributed by atoms with Gasteiger partial charge in [-0.05, 0) is 37.0 Å². The monoisotopic (exact) mass is 381 g/mol. The molecule has 1 aromatic carbocycles. The fourth-order valence-corrected chi connectivity index (χ4v) is 2.99. The second-order valence-electron chi connectivity index (χ2n) is 6.52. The van der Waals surface area contributed by atoms with Crippen molar-refractivity contribution in [2.75, 3.05) is 23.3 Å². The van der Waals surface area contributed by atoms with Crippen molar-refractivity contribution in [1.82, 2.24) is 9.97 Å². The van der Waals surface area contributed by atoms with Crippen molar-refractivity contribution in [3.63, 3.8) is 0 Å². The van der Waals surface area contributed by atoms with Gasteiger partial charge in [0.05, 0.1) is 10.5 Å². The van der Waals surface area contributed by atoms with Crippen LogP contribution in [0.3, 0.4) is 0 Å². The predicted octanol–water partition coefficient (Wildman–Crippen LogP) is 4.38. The molecule has 1 aliphatic rings. The number of hydrogen-bond donors (Lipinski definition) is 1. The molecule has 2 heterocycles. The topological polar surface area (TPSA) is 84.2 Å². The molecule has 10 heteroatoms. The molecule has 1 saturated heterocycles. The SMILES string of the molecule is CC1CCN(c2ncnc(Nc3cccc(C(F)(F)F)c3)c2[N+](=O)[O-])CC1. The Bertz CT molecular complexity index is 836. The van der Waals surface area contributed by atoms with Crippen LogP contribution in [0, 0.1) is 16.0 Å². The number of nitrogens with one attached hydrogen (secondary N) is 1. The van der Waals surface area contributed by atoms with Crippen LogP contribution >= 0.6 is 0 Å². The average molecular weight is 381 g/mol. The summed E-state index contributed by atoms with van der Waals surface area (Å²) >= 11 is 0. The number of benzene rings is 1. The van der Waals surface area contributed by atoms with Crippen LogP contribution in [0.15, 0.2) is 30.6 Å². The standard InChI is InChI=1S/C17H18F3N5O2/c1-11-5-7-24(8-6-11)16-14(25(26)27)15(21-10-22-16)23-13-4-2-3-12(9-13)17(18,19)20/h2-4,9-11H,5-8H2,1H3,(H,21,22,23). The van der Waals surface area contributed by atoms with E-state index in [0.29, 0.717) is 19.0 Å². The molecule has 2 aromatic rings. The molecule has 0 spiro atoms. The Morgan fingerprint density at radius 1 is 1.26 bits per heavy atom. The minimum Gasteiger partial charge on any atom is -0.351 e. The Balaban J connectivity index is 1.94. The van der Waals surface area contributed by atoms with E-state index in [1.807, 2.05) is 4.90 Å². The summed E-state index contributed by atoms with van der Waals surface area (Å²) in [5, 5.41) is 14.3. The maximum Gasteiger partial charge on any atom is 0.416 e. The Kier molecular flexibility index (Phi) is 5.15. The van der Waals surface area contributed by atoms with Crippen LogP contribution in [0.25, 0.3) is 0 Å². The van der Waals surface area contributed by atoms with Gasteiger partial charge < -0.3 is 10.2 Å². The number of piperidine rings is 1. The molecule has 0 aliphatic carbocycles. The number of nitrogens with zero attached hydrogens (tertiary/aromatic N) is 4. The largest absolute Gasteiger partial charge is 0.416 e. The Labute approximate surface area is 153 Å². The second-order valence-corrected chi connectivity index (χ2v) is 6.52. The predicted molar refractivity (Wildman–Crippen MR) is 94.0 cm³/mol. The highest BCUT2D eigenvalue weighted by Crippen LogP contribution is 2.36. The zero-order chi connectivity index (χ0) is 19.6. The number of anilines is 3.